The summed E-state index contributed by atoms with van der Waals surface area (Å²) in [5.41, 5.74) is 0.837. The Hall–Kier alpha value is -2.90. The van der Waals surface area contributed by atoms with Crippen molar-refractivity contribution in [2.24, 2.45) is 23.7 Å². The molecule has 0 aliphatic carbocycles. The summed E-state index contributed by atoms with van der Waals surface area (Å²) in [5, 5.41) is 8.26. The maximum absolute atomic E-state index is 13.3. The molecule has 0 fully saturated rings. The molecule has 0 saturated heterocycles. The zero-order valence-electron chi connectivity index (χ0n) is 22.9. The van der Waals surface area contributed by atoms with Crippen LogP contribution in [0.1, 0.15) is 73.3 Å². The molecule has 0 bridgehead atoms. The van der Waals surface area contributed by atoms with Crippen molar-refractivity contribution in [3.63, 3.8) is 0 Å². The Bertz CT molecular complexity index is 826. The van der Waals surface area contributed by atoms with Gasteiger partial charge in [0.25, 0.3) is 0 Å². The molecule has 8 nitrogen and oxygen atoms in total. The number of amides is 3. The number of carbonyl (C=O) groups is 4. The Kier molecular flexibility index (Phi) is 13.8. The van der Waals surface area contributed by atoms with E-state index >= 15 is 0 Å². The van der Waals surface area contributed by atoms with Gasteiger partial charge in [-0.25, -0.2) is 4.79 Å². The van der Waals surface area contributed by atoms with Crippen LogP contribution in [-0.4, -0.2) is 42.3 Å². The van der Waals surface area contributed by atoms with Crippen LogP contribution in [0.3, 0.4) is 0 Å². The molecule has 0 heterocycles. The minimum Gasteiger partial charge on any atom is -0.445 e. The summed E-state index contributed by atoms with van der Waals surface area (Å²) in [6.45, 7) is 14.1. The molecule has 4 atom stereocenters. The molecule has 8 heteroatoms. The molecule has 0 saturated carbocycles. The quantitative estimate of drug-likeness (QED) is 0.310. The highest BCUT2D eigenvalue weighted by Gasteiger charge is 2.30. The molecule has 1 aromatic carbocycles. The molecule has 0 aliphatic rings. The van der Waals surface area contributed by atoms with Crippen molar-refractivity contribution in [1.29, 1.82) is 0 Å². The van der Waals surface area contributed by atoms with Gasteiger partial charge in [-0.15, -0.1) is 0 Å². The van der Waals surface area contributed by atoms with Crippen LogP contribution >= 0.6 is 0 Å². The average Bonchev–Trinajstić information content (AvgIpc) is 2.81. The van der Waals surface area contributed by atoms with E-state index in [2.05, 4.69) is 29.8 Å². The van der Waals surface area contributed by atoms with Crippen molar-refractivity contribution in [2.45, 2.75) is 92.5 Å². The number of hydrogen-bond acceptors (Lipinski definition) is 5. The van der Waals surface area contributed by atoms with E-state index in [-0.39, 0.29) is 24.4 Å². The van der Waals surface area contributed by atoms with Crippen LogP contribution < -0.4 is 16.0 Å². The summed E-state index contributed by atoms with van der Waals surface area (Å²) >= 11 is 0. The zero-order valence-corrected chi connectivity index (χ0v) is 22.9. The number of hydrogen-bond donors (Lipinski definition) is 3. The smallest absolute Gasteiger partial charge is 0.408 e. The highest BCUT2D eigenvalue weighted by atomic mass is 16.5. The SMILES string of the molecule is CC(C)C[C@@H](C=O)NC(=O)[C@H](CC(C)C)NC(=O)[C@H](CC(C)C(C)C)NC(=O)OCc1ccccc1. The molecule has 0 aliphatic heterocycles. The van der Waals surface area contributed by atoms with Crippen molar-refractivity contribution >= 4 is 24.2 Å². The highest BCUT2D eigenvalue weighted by molar-refractivity contribution is 5.92. The van der Waals surface area contributed by atoms with Crippen LogP contribution in [0.5, 0.6) is 0 Å². The van der Waals surface area contributed by atoms with Crippen molar-refractivity contribution in [3.8, 4) is 0 Å². The van der Waals surface area contributed by atoms with Gasteiger partial charge in [0.2, 0.25) is 11.8 Å². The van der Waals surface area contributed by atoms with Gasteiger partial charge in [0, 0.05) is 0 Å². The molecule has 0 spiro atoms. The van der Waals surface area contributed by atoms with E-state index in [4.69, 9.17) is 4.74 Å². The Morgan fingerprint density at radius 1 is 0.778 bits per heavy atom. The maximum Gasteiger partial charge on any atom is 0.408 e. The number of rotatable bonds is 15. The lowest BCUT2D eigenvalue weighted by Crippen LogP contribution is -2.56. The van der Waals surface area contributed by atoms with E-state index in [1.165, 1.54) is 0 Å². The summed E-state index contributed by atoms with van der Waals surface area (Å²) < 4.78 is 5.32. The normalized spacial score (nSPS) is 14.6. The summed E-state index contributed by atoms with van der Waals surface area (Å²) in [5.74, 6) is -0.0764. The number of alkyl carbamates (subject to hydrolysis) is 1. The van der Waals surface area contributed by atoms with Crippen LogP contribution in [0.4, 0.5) is 4.79 Å². The van der Waals surface area contributed by atoms with Gasteiger partial charge in [0.15, 0.2) is 0 Å². The van der Waals surface area contributed by atoms with Crippen molar-refractivity contribution in [3.05, 3.63) is 35.9 Å². The summed E-state index contributed by atoms with van der Waals surface area (Å²) in [7, 11) is 0. The van der Waals surface area contributed by atoms with Crippen molar-refractivity contribution in [1.82, 2.24) is 16.0 Å². The first kappa shape index (κ1) is 31.1. The molecular formula is C28H45N3O5. The first-order chi connectivity index (χ1) is 16.9. The fourth-order valence-electron chi connectivity index (χ4n) is 3.70. The Morgan fingerprint density at radius 3 is 1.86 bits per heavy atom. The van der Waals surface area contributed by atoms with Crippen LogP contribution in [-0.2, 0) is 25.7 Å². The van der Waals surface area contributed by atoms with E-state index in [0.29, 0.717) is 25.2 Å². The third-order valence-corrected chi connectivity index (χ3v) is 6.12. The number of ether oxygens (including phenoxy) is 1. The van der Waals surface area contributed by atoms with Crippen molar-refractivity contribution in [2.75, 3.05) is 0 Å². The zero-order chi connectivity index (χ0) is 27.3. The van der Waals surface area contributed by atoms with Crippen LogP contribution in [0.15, 0.2) is 30.3 Å². The van der Waals surface area contributed by atoms with E-state index in [1.807, 2.05) is 65.0 Å². The van der Waals surface area contributed by atoms with Gasteiger partial charge < -0.3 is 25.5 Å². The van der Waals surface area contributed by atoms with Crippen LogP contribution in [0.25, 0.3) is 0 Å². The summed E-state index contributed by atoms with van der Waals surface area (Å²) in [4.78, 5) is 50.3. The minimum absolute atomic E-state index is 0.0854. The number of benzene rings is 1. The largest absolute Gasteiger partial charge is 0.445 e. The number of aldehydes is 1. The van der Waals surface area contributed by atoms with Gasteiger partial charge >= 0.3 is 6.09 Å². The lowest BCUT2D eigenvalue weighted by atomic mass is 9.90. The van der Waals surface area contributed by atoms with E-state index in [1.54, 1.807) is 0 Å². The molecule has 36 heavy (non-hydrogen) atoms. The molecule has 1 aromatic rings. The second-order valence-electron chi connectivity index (χ2n) is 10.8. The first-order valence-electron chi connectivity index (χ1n) is 13.0. The summed E-state index contributed by atoms with van der Waals surface area (Å²) in [6.07, 6.45) is 1.34. The monoisotopic (exact) mass is 503 g/mol. The minimum atomic E-state index is -0.870. The van der Waals surface area contributed by atoms with Crippen molar-refractivity contribution < 1.29 is 23.9 Å². The van der Waals surface area contributed by atoms with Gasteiger partial charge in [-0.05, 0) is 48.5 Å². The molecule has 1 rings (SSSR count). The van der Waals surface area contributed by atoms with Gasteiger partial charge in [-0.1, -0.05) is 78.8 Å². The Morgan fingerprint density at radius 2 is 1.33 bits per heavy atom. The maximum atomic E-state index is 13.3. The predicted molar refractivity (Wildman–Crippen MR) is 141 cm³/mol. The van der Waals surface area contributed by atoms with Gasteiger partial charge in [-0.3, -0.25) is 9.59 Å². The molecule has 1 unspecified atom stereocenters. The number of nitrogens with one attached hydrogen (secondary N) is 3. The number of carbonyl (C=O) groups excluding carboxylic acids is 4. The van der Waals surface area contributed by atoms with Gasteiger partial charge in [0.1, 0.15) is 25.0 Å². The second-order valence-corrected chi connectivity index (χ2v) is 10.8. The van der Waals surface area contributed by atoms with E-state index in [0.717, 1.165) is 11.8 Å². The highest BCUT2D eigenvalue weighted by Crippen LogP contribution is 2.17. The van der Waals surface area contributed by atoms with E-state index in [9.17, 15) is 19.2 Å². The topological polar surface area (TPSA) is 114 Å². The van der Waals surface area contributed by atoms with E-state index < -0.39 is 36.0 Å². The summed E-state index contributed by atoms with van der Waals surface area (Å²) in [6, 6.07) is 6.96. The van der Waals surface area contributed by atoms with Crippen LogP contribution in [0, 0.1) is 23.7 Å². The molecule has 0 aromatic heterocycles. The lowest BCUT2D eigenvalue weighted by Gasteiger charge is -2.27. The fraction of sp³-hybridized carbons (Fsp3) is 0.643. The third-order valence-electron chi connectivity index (χ3n) is 6.12. The standard InChI is InChI=1S/C28H45N3O5/c1-18(2)13-23(16-32)29-26(33)24(14-19(3)4)30-27(34)25(15-21(7)20(5)6)31-28(35)36-17-22-11-9-8-10-12-22/h8-12,16,18-21,23-25H,13-15,17H2,1-7H3,(H,29,33)(H,30,34)(H,31,35)/t21?,23-,24-,25-/m0/s1. The van der Waals surface area contributed by atoms with Gasteiger partial charge in [0.05, 0.1) is 6.04 Å². The molecular weight excluding hydrogens is 458 g/mol. The second kappa shape index (κ2) is 16.0. The molecule has 202 valence electrons. The first-order valence-corrected chi connectivity index (χ1v) is 13.0. The third kappa shape index (κ3) is 12.2. The Balaban J connectivity index is 2.94. The van der Waals surface area contributed by atoms with Gasteiger partial charge in [-0.2, -0.15) is 0 Å². The fourth-order valence-corrected chi connectivity index (χ4v) is 3.70. The molecule has 3 N–H and O–H groups in total. The lowest BCUT2D eigenvalue weighted by molar-refractivity contribution is -0.131. The molecule has 3 amide bonds. The predicted octanol–water partition coefficient (Wildman–Crippen LogP) is 4.22. The Labute approximate surface area is 216 Å². The molecule has 0 radical (unpaired) electrons. The van der Waals surface area contributed by atoms with Crippen LogP contribution in [0.2, 0.25) is 0 Å². The average molecular weight is 504 g/mol.